The minimum Gasteiger partial charge on any atom is -0.479 e. The van der Waals surface area contributed by atoms with Gasteiger partial charge in [0.2, 0.25) is 0 Å². The minimum absolute atomic E-state index is 0.342. The summed E-state index contributed by atoms with van der Waals surface area (Å²) in [6.45, 7) is -0.586. The van der Waals surface area contributed by atoms with E-state index in [4.69, 9.17) is 5.11 Å². The molecule has 2 N–H and O–H groups in total. The van der Waals surface area contributed by atoms with Crippen LogP contribution in [-0.4, -0.2) is 42.7 Å². The maximum Gasteiger partial charge on any atom is 0.332 e. The van der Waals surface area contributed by atoms with Gasteiger partial charge in [0, 0.05) is 25.9 Å². The van der Waals surface area contributed by atoms with Gasteiger partial charge in [0.25, 0.3) is 5.91 Å². The van der Waals surface area contributed by atoms with Crippen LogP contribution in [0.3, 0.4) is 0 Å². The van der Waals surface area contributed by atoms with Gasteiger partial charge in [-0.15, -0.1) is 0 Å². The van der Waals surface area contributed by atoms with Crippen LogP contribution in [0.5, 0.6) is 0 Å². The third-order valence-corrected chi connectivity index (χ3v) is 1.83. The Hall–Kier alpha value is -2.15. The van der Waals surface area contributed by atoms with Crippen molar-refractivity contribution in [2.75, 3.05) is 25.6 Å². The third-order valence-electron chi connectivity index (χ3n) is 1.83. The molecule has 1 rings (SSSR count). The Morgan fingerprint density at radius 3 is 2.82 bits per heavy atom. The number of anilines is 1. The zero-order chi connectivity index (χ0) is 12.8. The number of nitrogens with one attached hydrogen (secondary N) is 1. The number of carboxylic acid groups (broad SMARTS) is 1. The summed E-state index contributed by atoms with van der Waals surface area (Å²) in [5.41, 5.74) is 2.37. The minimum atomic E-state index is -1.16. The molecule has 0 radical (unpaired) electrons. The van der Waals surface area contributed by atoms with E-state index in [0.717, 1.165) is 0 Å². The number of hydroxylamine groups is 1. The van der Waals surface area contributed by atoms with E-state index in [9.17, 15) is 9.59 Å². The van der Waals surface area contributed by atoms with Gasteiger partial charge in [-0.1, -0.05) is 0 Å². The van der Waals surface area contributed by atoms with E-state index >= 15 is 0 Å². The third kappa shape index (κ3) is 4.07. The van der Waals surface area contributed by atoms with Gasteiger partial charge in [0.15, 0.2) is 6.61 Å². The zero-order valence-electron chi connectivity index (χ0n) is 9.51. The Morgan fingerprint density at radius 2 is 2.24 bits per heavy atom. The fourth-order valence-electron chi connectivity index (χ4n) is 1.03. The summed E-state index contributed by atoms with van der Waals surface area (Å²) in [7, 11) is 3.59. The van der Waals surface area contributed by atoms with Crippen molar-refractivity contribution in [2.24, 2.45) is 0 Å². The molecule has 0 aliphatic heterocycles. The summed E-state index contributed by atoms with van der Waals surface area (Å²) < 4.78 is 0. The maximum atomic E-state index is 11.5. The van der Waals surface area contributed by atoms with Gasteiger partial charge in [-0.25, -0.2) is 15.3 Å². The number of rotatable bonds is 5. The monoisotopic (exact) mass is 239 g/mol. The summed E-state index contributed by atoms with van der Waals surface area (Å²) in [6, 6.07) is 3.08. The lowest BCUT2D eigenvalue weighted by molar-refractivity contribution is -0.144. The number of nitrogens with zero attached hydrogens (tertiary/aromatic N) is 2. The lowest BCUT2D eigenvalue weighted by Crippen LogP contribution is -2.26. The molecule has 0 atom stereocenters. The van der Waals surface area contributed by atoms with Crippen molar-refractivity contribution < 1.29 is 19.5 Å². The Morgan fingerprint density at radius 1 is 1.53 bits per heavy atom. The van der Waals surface area contributed by atoms with Crippen molar-refractivity contribution in [3.63, 3.8) is 0 Å². The van der Waals surface area contributed by atoms with E-state index in [-0.39, 0.29) is 0 Å². The topological polar surface area (TPSA) is 91.8 Å². The molecule has 0 aliphatic rings. The number of carboxylic acids is 1. The normalized spacial score (nSPS) is 9.76. The van der Waals surface area contributed by atoms with E-state index in [1.54, 1.807) is 25.1 Å². The Balaban J connectivity index is 2.62. The maximum absolute atomic E-state index is 11.5. The number of aromatic nitrogens is 1. The number of amides is 1. The summed E-state index contributed by atoms with van der Waals surface area (Å²) >= 11 is 0. The van der Waals surface area contributed by atoms with Crippen molar-refractivity contribution in [2.45, 2.75) is 0 Å². The van der Waals surface area contributed by atoms with Crippen LogP contribution >= 0.6 is 0 Å². The average molecular weight is 239 g/mol. The molecule has 0 unspecified atom stereocenters. The molecule has 1 amide bonds. The second kappa shape index (κ2) is 5.80. The molecule has 0 spiro atoms. The average Bonchev–Trinajstić information content (AvgIpc) is 2.28. The number of pyridine rings is 1. The molecule has 0 aromatic carbocycles. The number of aliphatic carboxylic acids is 1. The first-order valence-corrected chi connectivity index (χ1v) is 4.78. The first kappa shape index (κ1) is 12.9. The van der Waals surface area contributed by atoms with E-state index in [1.165, 1.54) is 12.3 Å². The largest absolute Gasteiger partial charge is 0.479 e. The highest BCUT2D eigenvalue weighted by Gasteiger charge is 2.08. The smallest absolute Gasteiger partial charge is 0.332 e. The summed E-state index contributed by atoms with van der Waals surface area (Å²) in [5, 5.41) is 8.32. The molecule has 0 saturated heterocycles. The molecule has 1 aromatic heterocycles. The van der Waals surface area contributed by atoms with Crippen LogP contribution in [0, 0.1) is 0 Å². The summed E-state index contributed by atoms with van der Waals surface area (Å²) in [5.74, 6) is -1.05. The Kier molecular flexibility index (Phi) is 4.41. The van der Waals surface area contributed by atoms with Crippen LogP contribution in [0.2, 0.25) is 0 Å². The molecular formula is C10H13N3O4. The molecule has 7 nitrogen and oxygen atoms in total. The molecule has 0 saturated carbocycles. The van der Waals surface area contributed by atoms with Gasteiger partial charge in [-0.2, -0.15) is 0 Å². The molecule has 0 bridgehead atoms. The van der Waals surface area contributed by atoms with Gasteiger partial charge >= 0.3 is 5.97 Å². The van der Waals surface area contributed by atoms with Crippen LogP contribution in [0.4, 0.5) is 5.82 Å². The van der Waals surface area contributed by atoms with Crippen molar-refractivity contribution in [3.8, 4) is 0 Å². The molecule has 1 aromatic rings. The highest BCUT2D eigenvalue weighted by molar-refractivity contribution is 5.94. The van der Waals surface area contributed by atoms with Crippen LogP contribution in [-0.2, 0) is 9.63 Å². The molecule has 0 aliphatic carbocycles. The lowest BCUT2D eigenvalue weighted by Gasteiger charge is -2.11. The van der Waals surface area contributed by atoms with Gasteiger partial charge in [0.1, 0.15) is 5.82 Å². The quantitative estimate of drug-likeness (QED) is 0.697. The number of carbonyl (C=O) groups is 2. The van der Waals surface area contributed by atoms with Crippen molar-refractivity contribution >= 4 is 17.7 Å². The molecule has 1 heterocycles. The van der Waals surface area contributed by atoms with E-state index in [1.807, 2.05) is 5.48 Å². The fourth-order valence-corrected chi connectivity index (χ4v) is 1.03. The van der Waals surface area contributed by atoms with Gasteiger partial charge in [0.05, 0.1) is 0 Å². The highest BCUT2D eigenvalue weighted by atomic mass is 16.7. The van der Waals surface area contributed by atoms with E-state index in [2.05, 4.69) is 9.82 Å². The number of carbonyl (C=O) groups excluding carboxylic acids is 1. The van der Waals surface area contributed by atoms with Crippen LogP contribution < -0.4 is 10.4 Å². The molecular weight excluding hydrogens is 226 g/mol. The van der Waals surface area contributed by atoms with Crippen LogP contribution in [0.25, 0.3) is 0 Å². The van der Waals surface area contributed by atoms with Gasteiger partial charge < -0.3 is 10.0 Å². The molecule has 7 heteroatoms. The fraction of sp³-hybridized carbons (Fsp3) is 0.300. The second-order valence-corrected chi connectivity index (χ2v) is 3.41. The first-order chi connectivity index (χ1) is 8.00. The SMILES string of the molecule is CN(C)c1cc(C(=O)NOCC(=O)O)ccn1. The van der Waals surface area contributed by atoms with Crippen LogP contribution in [0.1, 0.15) is 10.4 Å². The molecule has 17 heavy (non-hydrogen) atoms. The Labute approximate surface area is 98.0 Å². The van der Waals surface area contributed by atoms with Gasteiger partial charge in [-0.05, 0) is 12.1 Å². The standard InChI is InChI=1S/C10H13N3O4/c1-13(2)8-5-7(3-4-11-8)10(16)12-17-6-9(14)15/h3-5H,6H2,1-2H3,(H,12,16)(H,14,15). The second-order valence-electron chi connectivity index (χ2n) is 3.41. The van der Waals surface area contributed by atoms with E-state index in [0.29, 0.717) is 11.4 Å². The van der Waals surface area contributed by atoms with Crippen molar-refractivity contribution in [3.05, 3.63) is 23.9 Å². The van der Waals surface area contributed by atoms with Crippen molar-refractivity contribution in [1.29, 1.82) is 0 Å². The van der Waals surface area contributed by atoms with Crippen molar-refractivity contribution in [1.82, 2.24) is 10.5 Å². The predicted octanol–water partition coefficient (Wildman–Crippen LogP) is -0.106. The van der Waals surface area contributed by atoms with Gasteiger partial charge in [-0.3, -0.25) is 9.63 Å². The Bertz CT molecular complexity index is 420. The molecule has 92 valence electrons. The van der Waals surface area contributed by atoms with E-state index < -0.39 is 18.5 Å². The highest BCUT2D eigenvalue weighted by Crippen LogP contribution is 2.09. The predicted molar refractivity (Wildman–Crippen MR) is 59.6 cm³/mol. The first-order valence-electron chi connectivity index (χ1n) is 4.78. The number of hydrogen-bond acceptors (Lipinski definition) is 5. The summed E-state index contributed by atoms with van der Waals surface area (Å²) in [6.07, 6.45) is 1.49. The zero-order valence-corrected chi connectivity index (χ0v) is 9.51. The molecule has 0 fully saturated rings. The summed E-state index contributed by atoms with van der Waals surface area (Å²) in [4.78, 5) is 32.0. The van der Waals surface area contributed by atoms with Crippen LogP contribution in [0.15, 0.2) is 18.3 Å². The number of hydrogen-bond donors (Lipinski definition) is 2. The lowest BCUT2D eigenvalue weighted by atomic mass is 10.2.